The fourth-order valence-electron chi connectivity index (χ4n) is 3.24. The zero-order valence-corrected chi connectivity index (χ0v) is 11.1. The summed E-state index contributed by atoms with van der Waals surface area (Å²) >= 11 is 0. The maximum Gasteiger partial charge on any atom is 0.220 e. The van der Waals surface area contributed by atoms with Gasteiger partial charge in [-0.25, -0.2) is 4.39 Å². The van der Waals surface area contributed by atoms with Crippen molar-refractivity contribution in [3.63, 3.8) is 0 Å². The average molecular weight is 276 g/mol. The number of nitrogens with zero attached hydrogens (tertiary/aromatic N) is 1. The summed E-state index contributed by atoms with van der Waals surface area (Å²) in [5.74, 6) is 0.150. The van der Waals surface area contributed by atoms with E-state index in [1.165, 1.54) is 12.1 Å². The topological polar surface area (TPSA) is 49.4 Å². The monoisotopic (exact) mass is 276 g/mol. The first-order valence-corrected chi connectivity index (χ1v) is 6.96. The number of hydrogen-bond donors (Lipinski definition) is 1. The van der Waals surface area contributed by atoms with E-state index in [0.717, 1.165) is 31.6 Å². The molecule has 5 heteroatoms. The molecule has 2 unspecified atom stereocenters. The van der Waals surface area contributed by atoms with Crippen LogP contribution < -0.4 is 10.2 Å². The molecule has 2 fully saturated rings. The van der Waals surface area contributed by atoms with Crippen LogP contribution in [-0.4, -0.2) is 31.3 Å². The Morgan fingerprint density at radius 2 is 2.20 bits per heavy atom. The molecule has 0 aromatic heterocycles. The Kier molecular flexibility index (Phi) is 3.42. The number of nitrogens with one attached hydrogen (secondary N) is 1. The minimum absolute atomic E-state index is 0.134. The molecule has 2 saturated heterocycles. The fraction of sp³-hybridized carbons (Fsp3) is 0.467. The summed E-state index contributed by atoms with van der Waals surface area (Å²) in [6, 6.07) is 4.57. The van der Waals surface area contributed by atoms with Gasteiger partial charge in [0.25, 0.3) is 0 Å². The van der Waals surface area contributed by atoms with Crippen LogP contribution in [0.5, 0.6) is 0 Å². The Bertz CT molecular complexity index is 547. The number of fused-ring (bicyclic) bond motifs is 1. The number of amides is 1. The standard InChI is InChI=1S/C15H17FN2O2/c16-12-2-3-14(11(7-12)9-19)18-6-5-13-10(8-18)1-4-15(20)17-13/h2-3,7,9-10,13H,1,4-6,8H2,(H,17,20). The number of hydrogen-bond acceptors (Lipinski definition) is 3. The molecule has 0 saturated carbocycles. The van der Waals surface area contributed by atoms with Crippen LogP contribution in [0.1, 0.15) is 29.6 Å². The Labute approximate surface area is 117 Å². The quantitative estimate of drug-likeness (QED) is 0.837. The highest BCUT2D eigenvalue weighted by molar-refractivity contribution is 5.84. The molecule has 1 aromatic carbocycles. The van der Waals surface area contributed by atoms with Crippen molar-refractivity contribution in [3.05, 3.63) is 29.6 Å². The highest BCUT2D eigenvalue weighted by atomic mass is 19.1. The maximum absolute atomic E-state index is 13.2. The summed E-state index contributed by atoms with van der Waals surface area (Å²) in [4.78, 5) is 24.6. The second-order valence-electron chi connectivity index (χ2n) is 5.53. The smallest absolute Gasteiger partial charge is 0.220 e. The van der Waals surface area contributed by atoms with Crippen molar-refractivity contribution >= 4 is 17.9 Å². The molecule has 4 nitrogen and oxygen atoms in total. The fourth-order valence-corrected chi connectivity index (χ4v) is 3.24. The van der Waals surface area contributed by atoms with E-state index >= 15 is 0 Å². The van der Waals surface area contributed by atoms with E-state index in [4.69, 9.17) is 0 Å². The van der Waals surface area contributed by atoms with Gasteiger partial charge in [-0.15, -0.1) is 0 Å². The van der Waals surface area contributed by atoms with Gasteiger partial charge in [0.1, 0.15) is 5.82 Å². The van der Waals surface area contributed by atoms with Crippen LogP contribution in [0.25, 0.3) is 0 Å². The number of halogens is 1. The van der Waals surface area contributed by atoms with Crippen LogP contribution in [-0.2, 0) is 4.79 Å². The molecule has 3 rings (SSSR count). The van der Waals surface area contributed by atoms with Crippen LogP contribution >= 0.6 is 0 Å². The Morgan fingerprint density at radius 1 is 1.35 bits per heavy atom. The molecule has 0 bridgehead atoms. The molecule has 2 atom stereocenters. The first-order valence-electron chi connectivity index (χ1n) is 6.96. The summed E-state index contributed by atoms with van der Waals surface area (Å²) in [5.41, 5.74) is 1.18. The number of aldehydes is 1. The number of carbonyl (C=O) groups is 2. The van der Waals surface area contributed by atoms with Gasteiger partial charge in [0, 0.05) is 36.8 Å². The molecule has 1 amide bonds. The normalized spacial score (nSPS) is 25.9. The molecule has 1 aromatic rings. The van der Waals surface area contributed by atoms with Crippen molar-refractivity contribution in [1.82, 2.24) is 5.32 Å². The van der Waals surface area contributed by atoms with Gasteiger partial charge in [-0.05, 0) is 37.0 Å². The van der Waals surface area contributed by atoms with Crippen molar-refractivity contribution in [1.29, 1.82) is 0 Å². The summed E-state index contributed by atoms with van der Waals surface area (Å²) < 4.78 is 13.2. The van der Waals surface area contributed by atoms with E-state index in [2.05, 4.69) is 10.2 Å². The number of anilines is 1. The van der Waals surface area contributed by atoms with Crippen LogP contribution in [0.3, 0.4) is 0 Å². The predicted octanol–water partition coefficient (Wildman–Crippen LogP) is 1.74. The van der Waals surface area contributed by atoms with Gasteiger partial charge in [-0.3, -0.25) is 9.59 Å². The third kappa shape index (κ3) is 2.40. The van der Waals surface area contributed by atoms with E-state index < -0.39 is 5.82 Å². The molecule has 1 N–H and O–H groups in total. The lowest BCUT2D eigenvalue weighted by Gasteiger charge is -2.42. The second kappa shape index (κ2) is 5.23. The third-order valence-corrected chi connectivity index (χ3v) is 4.28. The molecule has 2 aliphatic rings. The van der Waals surface area contributed by atoms with E-state index in [-0.39, 0.29) is 11.9 Å². The molecular formula is C15H17FN2O2. The SMILES string of the molecule is O=Cc1cc(F)ccc1N1CCC2NC(=O)CCC2C1. The highest BCUT2D eigenvalue weighted by Gasteiger charge is 2.34. The largest absolute Gasteiger partial charge is 0.371 e. The average Bonchev–Trinajstić information content (AvgIpc) is 2.46. The predicted molar refractivity (Wildman–Crippen MR) is 73.3 cm³/mol. The molecule has 106 valence electrons. The van der Waals surface area contributed by atoms with Crippen LogP contribution in [0, 0.1) is 11.7 Å². The molecule has 2 heterocycles. The van der Waals surface area contributed by atoms with Crippen LogP contribution in [0.15, 0.2) is 18.2 Å². The lowest BCUT2D eigenvalue weighted by atomic mass is 9.85. The number of benzene rings is 1. The second-order valence-corrected chi connectivity index (χ2v) is 5.53. The van der Waals surface area contributed by atoms with Crippen molar-refractivity contribution in [2.75, 3.05) is 18.0 Å². The molecule has 2 aliphatic heterocycles. The lowest BCUT2D eigenvalue weighted by Crippen LogP contribution is -2.54. The number of carbonyl (C=O) groups excluding carboxylic acids is 2. The van der Waals surface area contributed by atoms with E-state index in [1.807, 2.05) is 0 Å². The highest BCUT2D eigenvalue weighted by Crippen LogP contribution is 2.30. The van der Waals surface area contributed by atoms with E-state index in [0.29, 0.717) is 24.2 Å². The Morgan fingerprint density at radius 3 is 3.00 bits per heavy atom. The molecule has 0 radical (unpaired) electrons. The maximum atomic E-state index is 13.2. The first kappa shape index (κ1) is 13.1. The molecule has 20 heavy (non-hydrogen) atoms. The lowest BCUT2D eigenvalue weighted by molar-refractivity contribution is -0.124. The Balaban J connectivity index is 1.79. The van der Waals surface area contributed by atoms with Crippen LogP contribution in [0.4, 0.5) is 10.1 Å². The van der Waals surface area contributed by atoms with Crippen LogP contribution in [0.2, 0.25) is 0 Å². The van der Waals surface area contributed by atoms with Gasteiger partial charge in [0.05, 0.1) is 0 Å². The minimum atomic E-state index is -0.393. The zero-order chi connectivity index (χ0) is 14.1. The number of piperidine rings is 2. The van der Waals surface area contributed by atoms with Gasteiger partial charge in [0.15, 0.2) is 6.29 Å². The summed E-state index contributed by atoms with van der Waals surface area (Å²) in [7, 11) is 0. The summed E-state index contributed by atoms with van der Waals surface area (Å²) in [5, 5.41) is 3.03. The first-order chi connectivity index (χ1) is 9.67. The Hall–Kier alpha value is -1.91. The zero-order valence-electron chi connectivity index (χ0n) is 11.1. The molecular weight excluding hydrogens is 259 g/mol. The van der Waals surface area contributed by atoms with Crippen molar-refractivity contribution in [2.45, 2.75) is 25.3 Å². The third-order valence-electron chi connectivity index (χ3n) is 4.28. The van der Waals surface area contributed by atoms with Gasteiger partial charge in [-0.1, -0.05) is 0 Å². The van der Waals surface area contributed by atoms with E-state index in [9.17, 15) is 14.0 Å². The van der Waals surface area contributed by atoms with Gasteiger partial charge in [-0.2, -0.15) is 0 Å². The van der Waals surface area contributed by atoms with Crippen molar-refractivity contribution in [2.24, 2.45) is 5.92 Å². The van der Waals surface area contributed by atoms with Crippen molar-refractivity contribution < 1.29 is 14.0 Å². The summed E-state index contributed by atoms with van der Waals surface area (Å²) in [6.45, 7) is 1.57. The van der Waals surface area contributed by atoms with Crippen molar-refractivity contribution in [3.8, 4) is 0 Å². The van der Waals surface area contributed by atoms with Gasteiger partial charge in [0.2, 0.25) is 5.91 Å². The molecule has 0 spiro atoms. The summed E-state index contributed by atoms with van der Waals surface area (Å²) in [6.07, 6.45) is 3.02. The van der Waals surface area contributed by atoms with Gasteiger partial charge >= 0.3 is 0 Å². The number of rotatable bonds is 2. The minimum Gasteiger partial charge on any atom is -0.371 e. The van der Waals surface area contributed by atoms with Gasteiger partial charge < -0.3 is 10.2 Å². The molecule has 0 aliphatic carbocycles. The van der Waals surface area contributed by atoms with E-state index in [1.54, 1.807) is 6.07 Å².